The number of aromatic nitrogens is 2. The van der Waals surface area contributed by atoms with Crippen molar-refractivity contribution < 1.29 is 4.79 Å². The molecule has 0 spiro atoms. The molecule has 7 heteroatoms. The molecule has 2 aromatic rings. The number of benzene rings is 1. The minimum Gasteiger partial charge on any atom is -0.370 e. The smallest absolute Gasteiger partial charge is 0.329 e. The quantitative estimate of drug-likeness (QED) is 0.815. The highest BCUT2D eigenvalue weighted by atomic mass is 16.2. The third kappa shape index (κ3) is 3.82. The molecule has 0 unspecified atom stereocenters. The van der Waals surface area contributed by atoms with E-state index in [1.165, 1.54) is 6.42 Å². The first kappa shape index (κ1) is 19.3. The van der Waals surface area contributed by atoms with Gasteiger partial charge in [0.1, 0.15) is 0 Å². The number of nitrogens with one attached hydrogen (secondary N) is 2. The van der Waals surface area contributed by atoms with E-state index < -0.39 is 0 Å². The average molecular weight is 374 g/mol. The number of piperidine rings is 1. The van der Waals surface area contributed by atoms with Crippen LogP contribution in [-0.2, 0) is 13.1 Å². The number of rotatable bonds is 6. The largest absolute Gasteiger partial charge is 0.370 e. The van der Waals surface area contributed by atoms with E-state index in [-0.39, 0.29) is 11.7 Å². The number of aryl methyl sites for hydroxylation is 2. The molecule has 1 aliphatic rings. The first-order chi connectivity index (χ1) is 13.1. The van der Waals surface area contributed by atoms with Crippen LogP contribution < -0.4 is 21.2 Å². The minimum absolute atomic E-state index is 0.00665. The third-order valence-corrected chi connectivity index (χ3v) is 5.25. The monoisotopic (exact) mass is 373 g/mol. The van der Waals surface area contributed by atoms with E-state index >= 15 is 0 Å². The topological polar surface area (TPSA) is 71.3 Å². The van der Waals surface area contributed by atoms with Crippen molar-refractivity contribution in [2.24, 2.45) is 0 Å². The Balaban J connectivity index is 2.11. The molecule has 1 aliphatic heterocycles. The van der Waals surface area contributed by atoms with Crippen molar-refractivity contribution >= 4 is 28.4 Å². The molecule has 148 valence electrons. The summed E-state index contributed by atoms with van der Waals surface area (Å²) in [6.07, 6.45) is 4.43. The third-order valence-electron chi connectivity index (χ3n) is 5.25. The maximum atomic E-state index is 12.7. The summed E-state index contributed by atoms with van der Waals surface area (Å²) >= 11 is 0. The van der Waals surface area contributed by atoms with Gasteiger partial charge in [-0.3, -0.25) is 9.13 Å². The van der Waals surface area contributed by atoms with Gasteiger partial charge < -0.3 is 15.5 Å². The second kappa shape index (κ2) is 8.50. The number of carbonyl (C=O) groups excluding carboxylic acids is 1. The van der Waals surface area contributed by atoms with Crippen molar-refractivity contribution in [2.75, 3.05) is 29.9 Å². The van der Waals surface area contributed by atoms with Crippen molar-refractivity contribution in [3.05, 3.63) is 22.6 Å². The highest BCUT2D eigenvalue weighted by Crippen LogP contribution is 2.33. The lowest BCUT2D eigenvalue weighted by Crippen LogP contribution is -2.33. The highest BCUT2D eigenvalue weighted by Gasteiger charge is 2.20. The standard InChI is InChI=1S/C20H31N5O2/c1-4-10-21-19(26)22-15-13-17-18(25(6-3)20(27)24(17)5-2)14-16(15)23-11-8-7-9-12-23/h13-14H,4-12H2,1-3H3,(H2,21,22,26). The lowest BCUT2D eigenvalue weighted by molar-refractivity contribution is 0.252. The lowest BCUT2D eigenvalue weighted by atomic mass is 10.1. The Kier molecular flexibility index (Phi) is 6.08. The first-order valence-electron chi connectivity index (χ1n) is 10.2. The number of anilines is 2. The molecular formula is C20H31N5O2. The van der Waals surface area contributed by atoms with E-state index in [2.05, 4.69) is 21.6 Å². The van der Waals surface area contributed by atoms with Crippen LogP contribution in [0.5, 0.6) is 0 Å². The van der Waals surface area contributed by atoms with Gasteiger partial charge in [0.15, 0.2) is 0 Å². The first-order valence-corrected chi connectivity index (χ1v) is 10.2. The zero-order valence-corrected chi connectivity index (χ0v) is 16.7. The van der Waals surface area contributed by atoms with Gasteiger partial charge in [0.05, 0.1) is 22.4 Å². The van der Waals surface area contributed by atoms with Crippen molar-refractivity contribution in [2.45, 2.75) is 59.5 Å². The fraction of sp³-hybridized carbons (Fsp3) is 0.600. The van der Waals surface area contributed by atoms with Gasteiger partial charge >= 0.3 is 11.7 Å². The van der Waals surface area contributed by atoms with Crippen LogP contribution in [0, 0.1) is 0 Å². The summed E-state index contributed by atoms with van der Waals surface area (Å²) in [5.74, 6) is 0. The van der Waals surface area contributed by atoms with Gasteiger partial charge in [0.25, 0.3) is 0 Å². The molecule has 2 N–H and O–H groups in total. The lowest BCUT2D eigenvalue weighted by Gasteiger charge is -2.30. The van der Waals surface area contributed by atoms with Crippen molar-refractivity contribution in [1.29, 1.82) is 0 Å². The molecule has 7 nitrogen and oxygen atoms in total. The van der Waals surface area contributed by atoms with Gasteiger partial charge in [-0.15, -0.1) is 0 Å². The predicted molar refractivity (Wildman–Crippen MR) is 111 cm³/mol. The number of amides is 2. The molecule has 1 fully saturated rings. The predicted octanol–water partition coefficient (Wildman–Crippen LogP) is 3.36. The number of imidazole rings is 1. The zero-order chi connectivity index (χ0) is 19.4. The molecule has 2 heterocycles. The Bertz CT molecular complexity index is 861. The molecule has 2 amide bonds. The van der Waals surface area contributed by atoms with E-state index in [1.807, 2.05) is 31.4 Å². The number of hydrogen-bond acceptors (Lipinski definition) is 3. The summed E-state index contributed by atoms with van der Waals surface area (Å²) in [6.45, 7) is 9.81. The molecule has 27 heavy (non-hydrogen) atoms. The van der Waals surface area contributed by atoms with Crippen LogP contribution in [0.1, 0.15) is 46.5 Å². The van der Waals surface area contributed by atoms with Crippen LogP contribution in [0.3, 0.4) is 0 Å². The fourth-order valence-corrected chi connectivity index (χ4v) is 3.86. The Labute approximate surface area is 160 Å². The fourth-order valence-electron chi connectivity index (χ4n) is 3.86. The second-order valence-corrected chi connectivity index (χ2v) is 7.06. The number of hydrogen-bond donors (Lipinski definition) is 2. The van der Waals surface area contributed by atoms with Crippen LogP contribution in [0.15, 0.2) is 16.9 Å². The number of nitrogens with zero attached hydrogens (tertiary/aromatic N) is 3. The molecule has 1 aromatic carbocycles. The van der Waals surface area contributed by atoms with Crippen LogP contribution in [-0.4, -0.2) is 34.8 Å². The molecular weight excluding hydrogens is 342 g/mol. The average Bonchev–Trinajstić information content (AvgIpc) is 2.95. The molecule has 1 aromatic heterocycles. The van der Waals surface area contributed by atoms with Gasteiger partial charge in [-0.25, -0.2) is 9.59 Å². The number of carbonyl (C=O) groups is 1. The van der Waals surface area contributed by atoms with Crippen molar-refractivity contribution in [3.8, 4) is 0 Å². The Morgan fingerprint density at radius 3 is 2.22 bits per heavy atom. The molecule has 0 bridgehead atoms. The van der Waals surface area contributed by atoms with E-state index in [0.717, 1.165) is 54.8 Å². The van der Waals surface area contributed by atoms with Crippen molar-refractivity contribution in [3.63, 3.8) is 0 Å². The summed E-state index contributed by atoms with van der Waals surface area (Å²) in [4.78, 5) is 27.4. The Hall–Kier alpha value is -2.44. The number of urea groups is 1. The Morgan fingerprint density at radius 2 is 1.63 bits per heavy atom. The van der Waals surface area contributed by atoms with Gasteiger partial charge in [0, 0.05) is 32.7 Å². The van der Waals surface area contributed by atoms with Crippen molar-refractivity contribution in [1.82, 2.24) is 14.5 Å². The van der Waals surface area contributed by atoms with Gasteiger partial charge in [-0.1, -0.05) is 6.92 Å². The highest BCUT2D eigenvalue weighted by molar-refractivity contribution is 5.98. The van der Waals surface area contributed by atoms with Crippen LogP contribution in [0.4, 0.5) is 16.2 Å². The maximum Gasteiger partial charge on any atom is 0.329 e. The maximum absolute atomic E-state index is 12.7. The van der Waals surface area contributed by atoms with Gasteiger partial charge in [0.2, 0.25) is 0 Å². The number of fused-ring (bicyclic) bond motifs is 1. The molecule has 1 saturated heterocycles. The normalized spacial score (nSPS) is 14.6. The zero-order valence-electron chi connectivity index (χ0n) is 16.7. The molecule has 0 saturated carbocycles. The van der Waals surface area contributed by atoms with E-state index in [1.54, 1.807) is 4.57 Å². The van der Waals surface area contributed by atoms with Gasteiger partial charge in [-0.2, -0.15) is 0 Å². The summed E-state index contributed by atoms with van der Waals surface area (Å²) in [7, 11) is 0. The molecule has 0 radical (unpaired) electrons. The van der Waals surface area contributed by atoms with Crippen LogP contribution in [0.25, 0.3) is 11.0 Å². The summed E-state index contributed by atoms with van der Waals surface area (Å²) < 4.78 is 3.58. The SMILES string of the molecule is CCCNC(=O)Nc1cc2c(cc1N1CCCCC1)n(CC)c(=O)n2CC. The molecule has 0 aliphatic carbocycles. The summed E-state index contributed by atoms with van der Waals surface area (Å²) in [6, 6.07) is 3.84. The minimum atomic E-state index is -0.199. The van der Waals surface area contributed by atoms with Gasteiger partial charge in [-0.05, 0) is 51.7 Å². The summed E-state index contributed by atoms with van der Waals surface area (Å²) in [5, 5.41) is 5.89. The van der Waals surface area contributed by atoms with E-state index in [0.29, 0.717) is 19.6 Å². The Morgan fingerprint density at radius 1 is 1.00 bits per heavy atom. The van der Waals surface area contributed by atoms with E-state index in [4.69, 9.17) is 0 Å². The molecule has 3 rings (SSSR count). The van der Waals surface area contributed by atoms with Crippen LogP contribution >= 0.6 is 0 Å². The van der Waals surface area contributed by atoms with Crippen LogP contribution in [0.2, 0.25) is 0 Å². The second-order valence-electron chi connectivity index (χ2n) is 7.06. The summed E-state index contributed by atoms with van der Waals surface area (Å²) in [5.41, 5.74) is 3.59. The van der Waals surface area contributed by atoms with E-state index in [9.17, 15) is 9.59 Å². The molecule has 0 atom stereocenters.